The van der Waals surface area contributed by atoms with Crippen molar-refractivity contribution >= 4 is 22.9 Å². The number of nitrogens with zero attached hydrogens (tertiary/aromatic N) is 2. The molecule has 0 aliphatic carbocycles. The summed E-state index contributed by atoms with van der Waals surface area (Å²) >= 11 is 1.63. The molecule has 2 aromatic heterocycles. The molecule has 0 saturated carbocycles. The lowest BCUT2D eigenvalue weighted by Crippen LogP contribution is -2.42. The number of amides is 1. The zero-order valence-corrected chi connectivity index (χ0v) is 17.2. The summed E-state index contributed by atoms with van der Waals surface area (Å²) in [6.45, 7) is 0.634. The molecule has 6 rings (SSSR count). The lowest BCUT2D eigenvalue weighted by atomic mass is 10.0. The van der Waals surface area contributed by atoms with E-state index in [1.807, 2.05) is 64.9 Å². The molecule has 4 aromatic rings. The Kier molecular flexibility index (Phi) is 4.17. The van der Waals surface area contributed by atoms with Gasteiger partial charge in [0.05, 0.1) is 22.3 Å². The van der Waals surface area contributed by atoms with E-state index >= 15 is 0 Å². The van der Waals surface area contributed by atoms with E-state index < -0.39 is 0 Å². The van der Waals surface area contributed by atoms with Gasteiger partial charge < -0.3 is 19.7 Å². The number of aromatic nitrogens is 2. The van der Waals surface area contributed by atoms with Gasteiger partial charge in [-0.25, -0.2) is 0 Å². The standard InChI is InChI=1S/C23H18N4O3S/c28-23-15-4-1-2-5-17(15)25-22(16-11-24-26-21(16)20-6-3-9-31-20)27(23)12-14-7-8-18-19(10-14)30-13-29-18/h1-11,22,25H,12-13H2,(H,24,26)/t22-/m1/s1. The van der Waals surface area contributed by atoms with E-state index in [-0.39, 0.29) is 18.9 Å². The molecule has 0 bridgehead atoms. The number of fused-ring (bicyclic) bond motifs is 2. The predicted octanol–water partition coefficient (Wildman–Crippen LogP) is 4.63. The first-order valence-corrected chi connectivity index (χ1v) is 10.8. The zero-order chi connectivity index (χ0) is 20.8. The number of aromatic amines is 1. The number of rotatable bonds is 4. The molecule has 0 saturated heterocycles. The van der Waals surface area contributed by atoms with E-state index in [2.05, 4.69) is 15.5 Å². The Morgan fingerprint density at radius 1 is 1.10 bits per heavy atom. The number of anilines is 1. The summed E-state index contributed by atoms with van der Waals surface area (Å²) in [6.07, 6.45) is 1.42. The molecule has 0 unspecified atom stereocenters. The van der Waals surface area contributed by atoms with Crippen LogP contribution in [0.15, 0.2) is 66.2 Å². The van der Waals surface area contributed by atoms with Crippen LogP contribution in [0.25, 0.3) is 10.6 Å². The summed E-state index contributed by atoms with van der Waals surface area (Å²) in [5, 5.41) is 13.0. The summed E-state index contributed by atoms with van der Waals surface area (Å²) < 4.78 is 10.9. The normalized spacial score (nSPS) is 16.8. The van der Waals surface area contributed by atoms with Crippen LogP contribution in [0.3, 0.4) is 0 Å². The maximum atomic E-state index is 13.6. The van der Waals surface area contributed by atoms with Gasteiger partial charge in [-0.3, -0.25) is 9.89 Å². The minimum atomic E-state index is -0.372. The fraction of sp³-hybridized carbons (Fsp3) is 0.130. The zero-order valence-electron chi connectivity index (χ0n) is 16.4. The van der Waals surface area contributed by atoms with E-state index in [9.17, 15) is 4.79 Å². The Hall–Kier alpha value is -3.78. The van der Waals surface area contributed by atoms with Crippen LogP contribution in [0.4, 0.5) is 5.69 Å². The number of para-hydroxylation sites is 1. The van der Waals surface area contributed by atoms with Crippen molar-refractivity contribution in [1.29, 1.82) is 0 Å². The maximum absolute atomic E-state index is 13.6. The van der Waals surface area contributed by atoms with Crippen molar-refractivity contribution in [3.05, 3.63) is 82.9 Å². The van der Waals surface area contributed by atoms with Crippen molar-refractivity contribution in [2.45, 2.75) is 12.7 Å². The maximum Gasteiger partial charge on any atom is 0.258 e. The predicted molar refractivity (Wildman–Crippen MR) is 117 cm³/mol. The topological polar surface area (TPSA) is 79.5 Å². The number of benzene rings is 2. The third kappa shape index (κ3) is 3.03. The van der Waals surface area contributed by atoms with Gasteiger partial charge in [0.25, 0.3) is 5.91 Å². The van der Waals surface area contributed by atoms with Gasteiger partial charge in [0.1, 0.15) is 6.17 Å². The van der Waals surface area contributed by atoms with Crippen LogP contribution in [-0.2, 0) is 6.54 Å². The van der Waals surface area contributed by atoms with Crippen LogP contribution in [0.1, 0.15) is 27.7 Å². The summed E-state index contributed by atoms with van der Waals surface area (Å²) in [7, 11) is 0. The molecular formula is C23H18N4O3S. The molecule has 2 aliphatic heterocycles. The molecule has 7 nitrogen and oxygen atoms in total. The number of carbonyl (C=O) groups is 1. The summed E-state index contributed by atoms with van der Waals surface area (Å²) in [4.78, 5) is 16.5. The monoisotopic (exact) mass is 430 g/mol. The van der Waals surface area contributed by atoms with E-state index in [4.69, 9.17) is 9.47 Å². The SMILES string of the molecule is O=C1c2ccccc2N[C@@H](c2cn[nH]c2-c2cccs2)N1Cc1ccc2c(c1)OCO2. The molecule has 2 aromatic carbocycles. The van der Waals surface area contributed by atoms with E-state index in [1.54, 1.807) is 17.5 Å². The first kappa shape index (κ1) is 18.0. The molecule has 1 atom stereocenters. The number of carbonyl (C=O) groups excluding carboxylic acids is 1. The summed E-state index contributed by atoms with van der Waals surface area (Å²) in [5.41, 5.74) is 4.27. The number of thiophene rings is 1. The number of nitrogens with one attached hydrogen (secondary N) is 2. The highest BCUT2D eigenvalue weighted by molar-refractivity contribution is 7.13. The minimum Gasteiger partial charge on any atom is -0.454 e. The van der Waals surface area contributed by atoms with Gasteiger partial charge in [-0.2, -0.15) is 5.10 Å². The second-order valence-corrected chi connectivity index (χ2v) is 8.34. The first-order valence-electron chi connectivity index (χ1n) is 9.90. The average molecular weight is 430 g/mol. The van der Waals surface area contributed by atoms with Crippen molar-refractivity contribution in [3.8, 4) is 22.1 Å². The molecule has 0 spiro atoms. The van der Waals surface area contributed by atoms with Crippen molar-refractivity contribution in [2.24, 2.45) is 0 Å². The van der Waals surface area contributed by atoms with Gasteiger partial charge in [-0.15, -0.1) is 11.3 Å². The van der Waals surface area contributed by atoms with E-state index in [0.29, 0.717) is 17.9 Å². The van der Waals surface area contributed by atoms with Crippen molar-refractivity contribution in [2.75, 3.05) is 12.1 Å². The molecular weight excluding hydrogens is 412 g/mol. The first-order chi connectivity index (χ1) is 15.3. The Balaban J connectivity index is 1.42. The number of H-pyrrole nitrogens is 1. The lowest BCUT2D eigenvalue weighted by molar-refractivity contribution is 0.0667. The van der Waals surface area contributed by atoms with Gasteiger partial charge in [-0.1, -0.05) is 24.3 Å². The summed E-state index contributed by atoms with van der Waals surface area (Å²) in [5.74, 6) is 1.40. The highest BCUT2D eigenvalue weighted by atomic mass is 32.1. The van der Waals surface area contributed by atoms with E-state index in [1.165, 1.54) is 0 Å². The van der Waals surface area contributed by atoms with Crippen LogP contribution in [0.2, 0.25) is 0 Å². The van der Waals surface area contributed by atoms with Gasteiger partial charge in [-0.05, 0) is 41.3 Å². The van der Waals surface area contributed by atoms with Crippen molar-refractivity contribution in [3.63, 3.8) is 0 Å². The quantitative estimate of drug-likeness (QED) is 0.493. The van der Waals surface area contributed by atoms with Crippen molar-refractivity contribution < 1.29 is 14.3 Å². The highest BCUT2D eigenvalue weighted by Crippen LogP contribution is 2.39. The van der Waals surface area contributed by atoms with E-state index in [0.717, 1.165) is 33.1 Å². The third-order valence-corrected chi connectivity index (χ3v) is 6.43. The van der Waals surface area contributed by atoms with Gasteiger partial charge in [0, 0.05) is 17.8 Å². The van der Waals surface area contributed by atoms with Crippen molar-refractivity contribution in [1.82, 2.24) is 15.1 Å². The Morgan fingerprint density at radius 2 is 2.00 bits per heavy atom. The third-order valence-electron chi connectivity index (χ3n) is 5.54. The number of hydrogen-bond donors (Lipinski definition) is 2. The molecule has 1 amide bonds. The number of ether oxygens (including phenoxy) is 2. The molecule has 154 valence electrons. The Morgan fingerprint density at radius 3 is 2.90 bits per heavy atom. The van der Waals surface area contributed by atoms with Crippen LogP contribution >= 0.6 is 11.3 Å². The molecule has 4 heterocycles. The number of hydrogen-bond acceptors (Lipinski definition) is 6. The second-order valence-electron chi connectivity index (χ2n) is 7.39. The molecule has 0 radical (unpaired) electrons. The molecule has 8 heteroatoms. The second kappa shape index (κ2) is 7.17. The fourth-order valence-electron chi connectivity index (χ4n) is 4.06. The molecule has 2 N–H and O–H groups in total. The van der Waals surface area contributed by atoms with Crippen LogP contribution < -0.4 is 14.8 Å². The largest absolute Gasteiger partial charge is 0.454 e. The fourth-order valence-corrected chi connectivity index (χ4v) is 4.80. The van der Waals surface area contributed by atoms with Gasteiger partial charge in [0.2, 0.25) is 6.79 Å². The van der Waals surface area contributed by atoms with Crippen LogP contribution in [-0.4, -0.2) is 27.8 Å². The average Bonchev–Trinajstić information content (AvgIpc) is 3.56. The molecule has 0 fully saturated rings. The van der Waals surface area contributed by atoms with Crippen LogP contribution in [0, 0.1) is 0 Å². The summed E-state index contributed by atoms with van der Waals surface area (Å²) in [6, 6.07) is 17.4. The molecule has 31 heavy (non-hydrogen) atoms. The van der Waals surface area contributed by atoms with Crippen LogP contribution in [0.5, 0.6) is 11.5 Å². The smallest absolute Gasteiger partial charge is 0.258 e. The van der Waals surface area contributed by atoms with Gasteiger partial charge >= 0.3 is 0 Å². The lowest BCUT2D eigenvalue weighted by Gasteiger charge is -2.38. The Bertz CT molecular complexity index is 1270. The highest BCUT2D eigenvalue weighted by Gasteiger charge is 2.35. The Labute approximate surface area is 182 Å². The molecule has 2 aliphatic rings. The van der Waals surface area contributed by atoms with Gasteiger partial charge in [0.15, 0.2) is 11.5 Å². The minimum absolute atomic E-state index is 0.0321.